The van der Waals surface area contributed by atoms with Crippen molar-refractivity contribution < 1.29 is 23.8 Å². The van der Waals surface area contributed by atoms with Gasteiger partial charge in [0.2, 0.25) is 0 Å². The summed E-state index contributed by atoms with van der Waals surface area (Å²) in [5.74, 6) is -0.521. The average Bonchev–Trinajstić information content (AvgIpc) is 3.43. The molecular formula is C30H30N4O6S. The number of anilines is 1. The van der Waals surface area contributed by atoms with Crippen LogP contribution in [0.3, 0.4) is 0 Å². The van der Waals surface area contributed by atoms with Gasteiger partial charge in [-0.2, -0.15) is 10.1 Å². The molecule has 0 unspecified atom stereocenters. The van der Waals surface area contributed by atoms with Gasteiger partial charge in [0.25, 0.3) is 11.5 Å². The number of fused-ring (bicyclic) bond motifs is 1. The van der Waals surface area contributed by atoms with Gasteiger partial charge in [-0.05, 0) is 63.6 Å². The highest BCUT2D eigenvalue weighted by Crippen LogP contribution is 2.36. The van der Waals surface area contributed by atoms with Crippen molar-refractivity contribution in [1.29, 1.82) is 0 Å². The lowest BCUT2D eigenvalue weighted by Crippen LogP contribution is -2.40. The van der Waals surface area contributed by atoms with Gasteiger partial charge in [0.05, 0.1) is 53.6 Å². The summed E-state index contributed by atoms with van der Waals surface area (Å²) in [7, 11) is 1.54. The van der Waals surface area contributed by atoms with Gasteiger partial charge in [-0.25, -0.2) is 9.79 Å². The molecule has 2 aliphatic rings. The fourth-order valence-electron chi connectivity index (χ4n) is 4.93. The molecule has 41 heavy (non-hydrogen) atoms. The lowest BCUT2D eigenvalue weighted by atomic mass is 9.95. The fourth-order valence-corrected chi connectivity index (χ4v) is 5.99. The molecule has 1 aromatic heterocycles. The van der Waals surface area contributed by atoms with Gasteiger partial charge in [-0.15, -0.1) is 0 Å². The van der Waals surface area contributed by atoms with E-state index in [9.17, 15) is 14.4 Å². The number of rotatable bonds is 8. The molecule has 10 nitrogen and oxygen atoms in total. The van der Waals surface area contributed by atoms with Crippen molar-refractivity contribution in [2.75, 3.05) is 25.3 Å². The Kier molecular flexibility index (Phi) is 7.89. The van der Waals surface area contributed by atoms with Gasteiger partial charge in [0.1, 0.15) is 5.92 Å². The molecule has 0 saturated carbocycles. The normalized spacial score (nSPS) is 18.7. The fraction of sp³-hybridized carbons (Fsp3) is 0.300. The van der Waals surface area contributed by atoms with Crippen molar-refractivity contribution >= 4 is 40.7 Å². The number of carbonyl (C=O) groups is 2. The number of amides is 1. The van der Waals surface area contributed by atoms with E-state index in [1.54, 1.807) is 64.3 Å². The van der Waals surface area contributed by atoms with E-state index < -0.39 is 17.9 Å². The quantitative estimate of drug-likeness (QED) is 0.382. The molecule has 0 bridgehead atoms. The molecule has 0 fully saturated rings. The second-order valence-electron chi connectivity index (χ2n) is 9.37. The smallest absolute Gasteiger partial charge is 0.338 e. The van der Waals surface area contributed by atoms with Crippen molar-refractivity contribution in [3.8, 4) is 11.5 Å². The third-order valence-electron chi connectivity index (χ3n) is 6.82. The second-order valence-corrected chi connectivity index (χ2v) is 10.4. The summed E-state index contributed by atoms with van der Waals surface area (Å²) in [6.07, 6.45) is 1.63. The minimum atomic E-state index is -0.826. The molecule has 1 amide bonds. The van der Waals surface area contributed by atoms with Crippen LogP contribution in [0.25, 0.3) is 6.08 Å². The maximum Gasteiger partial charge on any atom is 0.338 e. The predicted molar refractivity (Wildman–Crippen MR) is 156 cm³/mol. The van der Waals surface area contributed by atoms with E-state index in [1.807, 2.05) is 25.1 Å². The highest BCUT2D eigenvalue weighted by molar-refractivity contribution is 7.07. The van der Waals surface area contributed by atoms with Crippen molar-refractivity contribution in [2.45, 2.75) is 33.7 Å². The van der Waals surface area contributed by atoms with Crippen LogP contribution in [0, 0.1) is 5.92 Å². The third kappa shape index (κ3) is 5.08. The highest BCUT2D eigenvalue weighted by Gasteiger charge is 2.36. The van der Waals surface area contributed by atoms with Crippen LogP contribution in [0.2, 0.25) is 0 Å². The van der Waals surface area contributed by atoms with E-state index in [2.05, 4.69) is 10.1 Å². The van der Waals surface area contributed by atoms with Gasteiger partial charge in [0, 0.05) is 0 Å². The number of carbonyl (C=O) groups excluding carboxylic acids is 2. The number of hydrogen-bond donors (Lipinski definition) is 0. The lowest BCUT2D eigenvalue weighted by Gasteiger charge is -2.25. The monoisotopic (exact) mass is 574 g/mol. The average molecular weight is 575 g/mol. The zero-order chi connectivity index (χ0) is 29.3. The summed E-state index contributed by atoms with van der Waals surface area (Å²) in [4.78, 5) is 45.6. The number of allylic oxidation sites excluding steroid dienone is 1. The maximum atomic E-state index is 14.0. The molecule has 5 rings (SSSR count). The van der Waals surface area contributed by atoms with Gasteiger partial charge < -0.3 is 14.2 Å². The van der Waals surface area contributed by atoms with E-state index in [0.717, 1.165) is 11.3 Å². The molecule has 11 heteroatoms. The first kappa shape index (κ1) is 28.0. The van der Waals surface area contributed by atoms with Gasteiger partial charge in [0.15, 0.2) is 16.3 Å². The summed E-state index contributed by atoms with van der Waals surface area (Å²) in [5, 5.41) is 5.80. The molecule has 2 aromatic carbocycles. The number of esters is 1. The first-order chi connectivity index (χ1) is 19.8. The van der Waals surface area contributed by atoms with E-state index in [1.165, 1.54) is 9.58 Å². The van der Waals surface area contributed by atoms with Crippen LogP contribution in [-0.2, 0) is 14.3 Å². The third-order valence-corrected chi connectivity index (χ3v) is 7.82. The summed E-state index contributed by atoms with van der Waals surface area (Å²) < 4.78 is 18.4. The topological polar surface area (TPSA) is 112 Å². The predicted octanol–water partition coefficient (Wildman–Crippen LogP) is 3.20. The molecule has 0 spiro atoms. The molecular weight excluding hydrogens is 544 g/mol. The van der Waals surface area contributed by atoms with Gasteiger partial charge >= 0.3 is 5.97 Å². The van der Waals surface area contributed by atoms with Crippen LogP contribution in [0.1, 0.15) is 39.3 Å². The molecule has 212 valence electrons. The van der Waals surface area contributed by atoms with Crippen LogP contribution in [-0.4, -0.2) is 42.5 Å². The molecule has 0 N–H and O–H groups in total. The molecule has 0 saturated heterocycles. The lowest BCUT2D eigenvalue weighted by molar-refractivity contribution is -0.139. The Morgan fingerprint density at radius 3 is 2.49 bits per heavy atom. The standard InChI is InChI=1S/C30H30N4O6S/c1-6-39-23-15-19(13-14-22(23)38-5)26-25(29(37)40-7-2)18(4)31-30-33(26)28(36)24(41-30)16-21-17(3)32-34(27(21)35)20-11-9-8-10-12-20/h8-16,21,26H,6-7H2,1-5H3/b24-16+/t21-,26+/m0/s1. The van der Waals surface area contributed by atoms with Crippen LogP contribution >= 0.6 is 11.3 Å². The van der Waals surface area contributed by atoms with Crippen molar-refractivity contribution in [3.63, 3.8) is 0 Å². The number of ether oxygens (including phenoxy) is 3. The summed E-state index contributed by atoms with van der Waals surface area (Å²) >= 11 is 1.16. The molecule has 3 heterocycles. The molecule has 0 radical (unpaired) electrons. The Hall–Kier alpha value is -4.51. The summed E-state index contributed by atoms with van der Waals surface area (Å²) in [5.41, 5.74) is 2.17. The van der Waals surface area contributed by atoms with E-state index in [-0.39, 0.29) is 23.6 Å². The summed E-state index contributed by atoms with van der Waals surface area (Å²) in [6.45, 7) is 7.63. The molecule has 2 aliphatic heterocycles. The number of para-hydroxylation sites is 1. The van der Waals surface area contributed by atoms with Crippen molar-refractivity contribution in [2.24, 2.45) is 16.0 Å². The Morgan fingerprint density at radius 1 is 1.05 bits per heavy atom. The number of thiazole rings is 1. The Labute approximate surface area is 240 Å². The highest BCUT2D eigenvalue weighted by atomic mass is 32.1. The minimum Gasteiger partial charge on any atom is -0.493 e. The Bertz CT molecular complexity index is 1760. The van der Waals surface area contributed by atoms with E-state index >= 15 is 0 Å². The number of hydrogen-bond acceptors (Lipinski definition) is 9. The molecule has 3 aromatic rings. The number of aromatic nitrogens is 1. The van der Waals surface area contributed by atoms with Crippen LogP contribution in [0.5, 0.6) is 11.5 Å². The van der Waals surface area contributed by atoms with E-state index in [4.69, 9.17) is 14.2 Å². The summed E-state index contributed by atoms with van der Waals surface area (Å²) in [6, 6.07) is 13.6. The number of nitrogens with zero attached hydrogens (tertiary/aromatic N) is 4. The SMILES string of the molecule is CCOC(=O)C1=C(C)N=c2s/c(=C/[C@@H]3C(=O)N(c4ccccc4)N=C3C)c(=O)n2[C@@H]1c1ccc(OC)c(OCC)c1. The molecule has 2 atom stereocenters. The number of benzene rings is 2. The van der Waals surface area contributed by atoms with Crippen LogP contribution in [0.4, 0.5) is 5.69 Å². The van der Waals surface area contributed by atoms with Crippen LogP contribution < -0.4 is 29.4 Å². The number of methoxy groups -OCH3 is 1. The van der Waals surface area contributed by atoms with Crippen molar-refractivity contribution in [1.82, 2.24) is 4.57 Å². The zero-order valence-electron chi connectivity index (χ0n) is 23.4. The maximum absolute atomic E-state index is 14.0. The Morgan fingerprint density at radius 2 is 1.80 bits per heavy atom. The first-order valence-electron chi connectivity index (χ1n) is 13.2. The first-order valence-corrected chi connectivity index (χ1v) is 14.0. The van der Waals surface area contributed by atoms with E-state index in [0.29, 0.717) is 50.1 Å². The zero-order valence-corrected chi connectivity index (χ0v) is 24.2. The Balaban J connectivity index is 1.65. The van der Waals surface area contributed by atoms with Crippen LogP contribution in [0.15, 0.2) is 74.7 Å². The second kappa shape index (κ2) is 11.5. The number of hydrazone groups is 1. The minimum absolute atomic E-state index is 0.167. The van der Waals surface area contributed by atoms with Gasteiger partial charge in [-0.1, -0.05) is 35.6 Å². The molecule has 0 aliphatic carbocycles. The van der Waals surface area contributed by atoms with Gasteiger partial charge in [-0.3, -0.25) is 14.2 Å². The largest absolute Gasteiger partial charge is 0.493 e. The van der Waals surface area contributed by atoms with Crippen molar-refractivity contribution in [3.05, 3.63) is 85.1 Å².